The number of hydrogen-bond donors (Lipinski definition) is 2. The highest BCUT2D eigenvalue weighted by Crippen LogP contribution is 2.28. The van der Waals surface area contributed by atoms with Crippen molar-refractivity contribution in [2.45, 2.75) is 31.8 Å². The Balaban J connectivity index is 1.63. The maximum Gasteiger partial charge on any atom is 0.220 e. The van der Waals surface area contributed by atoms with Crippen molar-refractivity contribution in [3.63, 3.8) is 0 Å². The fourth-order valence-corrected chi connectivity index (χ4v) is 3.33. The third kappa shape index (κ3) is 3.91. The highest BCUT2D eigenvalue weighted by molar-refractivity contribution is 5.81. The normalized spacial score (nSPS) is 15.2. The van der Waals surface area contributed by atoms with Crippen LogP contribution >= 0.6 is 0 Å². The first-order valence-corrected chi connectivity index (χ1v) is 9.10. The number of nitrogens with zero attached hydrogens (tertiary/aromatic N) is 3. The standard InChI is InChI=1S/C20H23N5O/c21-20-24-13-15-11-14(4-5-16-3-1-2-8-23-16)19(12-18(15)25-20)26-17-6-9-22-10-7-17/h1-3,8,11-13,17,22H,4-7,9-10H2,(H2,21,24,25). The van der Waals surface area contributed by atoms with Crippen LogP contribution in [-0.4, -0.2) is 34.1 Å². The van der Waals surface area contributed by atoms with Gasteiger partial charge in [0, 0.05) is 29.5 Å². The molecule has 6 heteroatoms. The molecule has 6 nitrogen and oxygen atoms in total. The van der Waals surface area contributed by atoms with Gasteiger partial charge in [0.05, 0.1) is 5.52 Å². The first-order valence-electron chi connectivity index (χ1n) is 9.10. The second-order valence-electron chi connectivity index (χ2n) is 6.64. The van der Waals surface area contributed by atoms with Crippen molar-refractivity contribution in [2.75, 3.05) is 18.8 Å². The Bertz CT molecular complexity index is 878. The van der Waals surface area contributed by atoms with Crippen LogP contribution in [0.1, 0.15) is 24.1 Å². The lowest BCUT2D eigenvalue weighted by atomic mass is 10.0. The van der Waals surface area contributed by atoms with Gasteiger partial charge in [0.15, 0.2) is 0 Å². The Morgan fingerprint density at radius 1 is 1.12 bits per heavy atom. The highest BCUT2D eigenvalue weighted by atomic mass is 16.5. The number of aryl methyl sites for hydroxylation is 2. The minimum absolute atomic E-state index is 0.237. The highest BCUT2D eigenvalue weighted by Gasteiger charge is 2.17. The van der Waals surface area contributed by atoms with E-state index in [4.69, 9.17) is 10.5 Å². The molecule has 0 spiro atoms. The van der Waals surface area contributed by atoms with Crippen LogP contribution in [0.25, 0.3) is 10.9 Å². The summed E-state index contributed by atoms with van der Waals surface area (Å²) >= 11 is 0. The van der Waals surface area contributed by atoms with Crippen LogP contribution in [0.15, 0.2) is 42.7 Å². The molecule has 3 heterocycles. The van der Waals surface area contributed by atoms with Crippen LogP contribution < -0.4 is 15.8 Å². The molecule has 3 N–H and O–H groups in total. The Hall–Kier alpha value is -2.73. The molecule has 134 valence electrons. The zero-order valence-corrected chi connectivity index (χ0v) is 14.7. The molecule has 0 aliphatic carbocycles. The number of pyridine rings is 1. The van der Waals surface area contributed by atoms with E-state index in [2.05, 4.69) is 32.4 Å². The third-order valence-corrected chi connectivity index (χ3v) is 4.74. The van der Waals surface area contributed by atoms with E-state index >= 15 is 0 Å². The molecule has 0 amide bonds. The summed E-state index contributed by atoms with van der Waals surface area (Å²) in [6, 6.07) is 10.1. The Kier molecular flexibility index (Phi) is 4.93. The number of benzene rings is 1. The molecule has 1 fully saturated rings. The van der Waals surface area contributed by atoms with Crippen molar-refractivity contribution >= 4 is 16.9 Å². The van der Waals surface area contributed by atoms with Gasteiger partial charge in [-0.3, -0.25) is 4.98 Å². The number of piperidine rings is 1. The van der Waals surface area contributed by atoms with Gasteiger partial charge in [0.2, 0.25) is 5.95 Å². The lowest BCUT2D eigenvalue weighted by Gasteiger charge is -2.25. The predicted molar refractivity (Wildman–Crippen MR) is 102 cm³/mol. The van der Waals surface area contributed by atoms with Crippen LogP contribution in [0, 0.1) is 0 Å². The SMILES string of the molecule is Nc1ncc2cc(CCc3ccccn3)c(OC3CCNCC3)cc2n1. The monoisotopic (exact) mass is 349 g/mol. The first kappa shape index (κ1) is 16.7. The molecule has 1 saturated heterocycles. The summed E-state index contributed by atoms with van der Waals surface area (Å²) in [4.78, 5) is 12.9. The molecule has 0 saturated carbocycles. The second-order valence-corrected chi connectivity index (χ2v) is 6.64. The summed E-state index contributed by atoms with van der Waals surface area (Å²) in [6.45, 7) is 1.99. The van der Waals surface area contributed by atoms with E-state index in [9.17, 15) is 0 Å². The summed E-state index contributed by atoms with van der Waals surface area (Å²) in [5.41, 5.74) is 8.81. The van der Waals surface area contributed by atoms with Gasteiger partial charge in [-0.05, 0) is 62.5 Å². The molecule has 2 aromatic heterocycles. The second kappa shape index (κ2) is 7.66. The summed E-state index contributed by atoms with van der Waals surface area (Å²) < 4.78 is 6.36. The van der Waals surface area contributed by atoms with Crippen molar-refractivity contribution in [1.82, 2.24) is 20.3 Å². The van der Waals surface area contributed by atoms with E-state index < -0.39 is 0 Å². The van der Waals surface area contributed by atoms with Gasteiger partial charge in [0.25, 0.3) is 0 Å². The molecule has 3 aromatic rings. The number of nitrogen functional groups attached to an aromatic ring is 1. The molecule has 1 aliphatic heterocycles. The predicted octanol–water partition coefficient (Wildman–Crippen LogP) is 2.52. The summed E-state index contributed by atoms with van der Waals surface area (Å²) in [5, 5.41) is 4.35. The first-order chi connectivity index (χ1) is 12.8. The van der Waals surface area contributed by atoms with E-state index in [0.29, 0.717) is 0 Å². The number of nitrogens with one attached hydrogen (secondary N) is 1. The van der Waals surface area contributed by atoms with Gasteiger partial charge in [-0.2, -0.15) is 0 Å². The zero-order valence-electron chi connectivity index (χ0n) is 14.7. The van der Waals surface area contributed by atoms with Crippen LogP contribution in [0.5, 0.6) is 5.75 Å². The third-order valence-electron chi connectivity index (χ3n) is 4.74. The van der Waals surface area contributed by atoms with Gasteiger partial charge in [0.1, 0.15) is 11.9 Å². The van der Waals surface area contributed by atoms with Crippen LogP contribution in [0.2, 0.25) is 0 Å². The molecule has 26 heavy (non-hydrogen) atoms. The number of nitrogens with two attached hydrogens (primary N) is 1. The molecular formula is C20H23N5O. The van der Waals surface area contributed by atoms with Gasteiger partial charge in [-0.15, -0.1) is 0 Å². The Labute approximate surface area is 152 Å². The lowest BCUT2D eigenvalue weighted by Crippen LogP contribution is -2.34. The van der Waals surface area contributed by atoms with E-state index in [0.717, 1.165) is 66.7 Å². The van der Waals surface area contributed by atoms with Crippen LogP contribution in [0.4, 0.5) is 5.95 Å². The number of aromatic nitrogens is 3. The summed E-state index contributed by atoms with van der Waals surface area (Å²) in [6.07, 6.45) is 7.60. The summed E-state index contributed by atoms with van der Waals surface area (Å²) in [5.74, 6) is 1.19. The van der Waals surface area contributed by atoms with Crippen LogP contribution in [-0.2, 0) is 12.8 Å². The molecule has 0 radical (unpaired) electrons. The average molecular weight is 349 g/mol. The minimum atomic E-state index is 0.237. The molecule has 1 aromatic carbocycles. The number of ether oxygens (including phenoxy) is 1. The molecule has 1 aliphatic rings. The smallest absolute Gasteiger partial charge is 0.220 e. The number of anilines is 1. The maximum absolute atomic E-state index is 6.36. The van der Waals surface area contributed by atoms with Gasteiger partial charge < -0.3 is 15.8 Å². The average Bonchev–Trinajstić information content (AvgIpc) is 2.68. The van der Waals surface area contributed by atoms with Crippen LogP contribution in [0.3, 0.4) is 0 Å². The molecule has 0 atom stereocenters. The zero-order chi connectivity index (χ0) is 17.8. The number of fused-ring (bicyclic) bond motifs is 1. The molecule has 4 rings (SSSR count). The van der Waals surface area contributed by atoms with Crippen molar-refractivity contribution in [3.05, 3.63) is 54.0 Å². The quantitative estimate of drug-likeness (QED) is 0.736. The maximum atomic E-state index is 6.36. The molecule has 0 unspecified atom stereocenters. The van der Waals surface area contributed by atoms with Crippen molar-refractivity contribution in [1.29, 1.82) is 0 Å². The van der Waals surface area contributed by atoms with Gasteiger partial charge in [-0.1, -0.05) is 6.07 Å². The fraction of sp³-hybridized carbons (Fsp3) is 0.350. The topological polar surface area (TPSA) is 86.0 Å². The fourth-order valence-electron chi connectivity index (χ4n) is 3.33. The molecular weight excluding hydrogens is 326 g/mol. The largest absolute Gasteiger partial charge is 0.490 e. The van der Waals surface area contributed by atoms with E-state index in [1.54, 1.807) is 6.20 Å². The minimum Gasteiger partial charge on any atom is -0.490 e. The van der Waals surface area contributed by atoms with E-state index in [1.165, 1.54) is 0 Å². The van der Waals surface area contributed by atoms with Crippen molar-refractivity contribution in [3.8, 4) is 5.75 Å². The van der Waals surface area contributed by atoms with E-state index in [-0.39, 0.29) is 12.1 Å². The molecule has 0 bridgehead atoms. The van der Waals surface area contributed by atoms with Gasteiger partial charge in [-0.25, -0.2) is 9.97 Å². The van der Waals surface area contributed by atoms with E-state index in [1.807, 2.05) is 24.4 Å². The Morgan fingerprint density at radius 3 is 2.81 bits per heavy atom. The van der Waals surface area contributed by atoms with Crippen molar-refractivity contribution < 1.29 is 4.74 Å². The lowest BCUT2D eigenvalue weighted by molar-refractivity contribution is 0.161. The van der Waals surface area contributed by atoms with Crippen molar-refractivity contribution in [2.24, 2.45) is 0 Å². The Morgan fingerprint density at radius 2 is 2.00 bits per heavy atom. The number of hydrogen-bond acceptors (Lipinski definition) is 6. The van der Waals surface area contributed by atoms with Gasteiger partial charge >= 0.3 is 0 Å². The number of rotatable bonds is 5. The summed E-state index contributed by atoms with van der Waals surface area (Å²) in [7, 11) is 0.